The van der Waals surface area contributed by atoms with Crippen LogP contribution >= 0.6 is 0 Å². The maximum absolute atomic E-state index is 4.70. The molecule has 0 atom stereocenters. The van der Waals surface area contributed by atoms with Crippen LogP contribution in [0, 0.1) is 0 Å². The highest BCUT2D eigenvalue weighted by molar-refractivity contribution is 5.53. The number of pyridine rings is 1. The maximum Gasteiger partial charge on any atom is 0.181 e. The van der Waals surface area contributed by atoms with E-state index in [1.54, 1.807) is 12.4 Å². The van der Waals surface area contributed by atoms with Gasteiger partial charge >= 0.3 is 0 Å². The van der Waals surface area contributed by atoms with Crippen LogP contribution in [0.2, 0.25) is 0 Å². The zero-order valence-electron chi connectivity index (χ0n) is 10.5. The van der Waals surface area contributed by atoms with E-state index < -0.39 is 0 Å². The van der Waals surface area contributed by atoms with Crippen LogP contribution in [-0.2, 0) is 7.05 Å². The van der Waals surface area contributed by atoms with E-state index in [1.807, 2.05) is 23.9 Å². The fourth-order valence-electron chi connectivity index (χ4n) is 2.46. The number of piperidine rings is 1. The highest BCUT2D eigenvalue weighted by atomic mass is 15.3. The van der Waals surface area contributed by atoms with E-state index >= 15 is 0 Å². The number of aryl methyl sites for hydroxylation is 1. The zero-order chi connectivity index (χ0) is 12.4. The molecule has 5 nitrogen and oxygen atoms in total. The maximum atomic E-state index is 4.70. The Kier molecular flexibility index (Phi) is 3.06. The minimum Gasteiger partial charge on any atom is -0.317 e. The largest absolute Gasteiger partial charge is 0.317 e. The van der Waals surface area contributed by atoms with Crippen molar-refractivity contribution in [1.82, 2.24) is 25.1 Å². The van der Waals surface area contributed by atoms with E-state index in [2.05, 4.69) is 15.4 Å². The van der Waals surface area contributed by atoms with Crippen LogP contribution in [0.4, 0.5) is 0 Å². The standard InChI is InChI=1S/C13H17N5/c1-18-13(11-4-8-15-9-5-11)16-12(17-18)10-2-6-14-7-3-10/h2-3,6-7,11,15H,4-5,8-9H2,1H3. The molecule has 1 aliphatic rings. The summed E-state index contributed by atoms with van der Waals surface area (Å²) >= 11 is 0. The summed E-state index contributed by atoms with van der Waals surface area (Å²) in [7, 11) is 1.98. The molecule has 0 spiro atoms. The summed E-state index contributed by atoms with van der Waals surface area (Å²) in [6.07, 6.45) is 5.83. The molecule has 0 aliphatic carbocycles. The monoisotopic (exact) mass is 243 g/mol. The molecule has 18 heavy (non-hydrogen) atoms. The van der Waals surface area contributed by atoms with Crippen molar-refractivity contribution < 1.29 is 0 Å². The Bertz CT molecular complexity index is 513. The molecule has 2 aromatic heterocycles. The predicted molar refractivity (Wildman–Crippen MR) is 69.1 cm³/mol. The van der Waals surface area contributed by atoms with Gasteiger partial charge in [-0.1, -0.05) is 0 Å². The van der Waals surface area contributed by atoms with Crippen LogP contribution < -0.4 is 5.32 Å². The molecule has 1 N–H and O–H groups in total. The van der Waals surface area contributed by atoms with Crippen molar-refractivity contribution in [2.75, 3.05) is 13.1 Å². The van der Waals surface area contributed by atoms with Crippen LogP contribution in [0.15, 0.2) is 24.5 Å². The molecular formula is C13H17N5. The number of rotatable bonds is 2. The molecule has 5 heteroatoms. The molecule has 1 saturated heterocycles. The van der Waals surface area contributed by atoms with Gasteiger partial charge in [-0.05, 0) is 38.1 Å². The SMILES string of the molecule is Cn1nc(-c2ccncc2)nc1C1CCNCC1. The van der Waals surface area contributed by atoms with E-state index in [9.17, 15) is 0 Å². The third-order valence-corrected chi connectivity index (χ3v) is 3.44. The van der Waals surface area contributed by atoms with Gasteiger partial charge in [-0.3, -0.25) is 9.67 Å². The Morgan fingerprint density at radius 3 is 2.67 bits per heavy atom. The first-order chi connectivity index (χ1) is 8.84. The van der Waals surface area contributed by atoms with Crippen LogP contribution in [0.1, 0.15) is 24.6 Å². The average molecular weight is 243 g/mol. The van der Waals surface area contributed by atoms with Crippen molar-refractivity contribution in [2.24, 2.45) is 7.05 Å². The minimum atomic E-state index is 0.527. The fourth-order valence-corrected chi connectivity index (χ4v) is 2.46. The van der Waals surface area contributed by atoms with E-state index in [1.165, 1.54) is 0 Å². The average Bonchev–Trinajstić information content (AvgIpc) is 2.83. The number of hydrogen-bond acceptors (Lipinski definition) is 4. The quantitative estimate of drug-likeness (QED) is 0.865. The number of hydrogen-bond donors (Lipinski definition) is 1. The van der Waals surface area contributed by atoms with Crippen molar-refractivity contribution in [3.8, 4) is 11.4 Å². The van der Waals surface area contributed by atoms with Gasteiger partial charge in [-0.25, -0.2) is 4.98 Å². The summed E-state index contributed by atoms with van der Waals surface area (Å²) in [6.45, 7) is 2.14. The van der Waals surface area contributed by atoms with Crippen molar-refractivity contribution in [3.05, 3.63) is 30.4 Å². The molecule has 0 radical (unpaired) electrons. The van der Waals surface area contributed by atoms with Crippen LogP contribution in [0.5, 0.6) is 0 Å². The Balaban J connectivity index is 1.91. The zero-order valence-corrected chi connectivity index (χ0v) is 10.5. The lowest BCUT2D eigenvalue weighted by Crippen LogP contribution is -2.27. The highest BCUT2D eigenvalue weighted by Crippen LogP contribution is 2.25. The van der Waals surface area contributed by atoms with Gasteiger partial charge < -0.3 is 5.32 Å². The van der Waals surface area contributed by atoms with Crippen molar-refractivity contribution >= 4 is 0 Å². The van der Waals surface area contributed by atoms with Gasteiger partial charge in [0.1, 0.15) is 5.82 Å². The topological polar surface area (TPSA) is 55.6 Å². The summed E-state index contributed by atoms with van der Waals surface area (Å²) in [5.74, 6) is 2.43. The third-order valence-electron chi connectivity index (χ3n) is 3.44. The molecule has 3 heterocycles. The first-order valence-corrected chi connectivity index (χ1v) is 6.36. The van der Waals surface area contributed by atoms with Crippen molar-refractivity contribution in [3.63, 3.8) is 0 Å². The molecule has 0 aromatic carbocycles. The van der Waals surface area contributed by atoms with Gasteiger partial charge in [-0.2, -0.15) is 5.10 Å². The number of nitrogens with zero attached hydrogens (tertiary/aromatic N) is 4. The van der Waals surface area contributed by atoms with Crippen LogP contribution in [-0.4, -0.2) is 32.8 Å². The lowest BCUT2D eigenvalue weighted by Gasteiger charge is -2.21. The first kappa shape index (κ1) is 11.3. The van der Waals surface area contributed by atoms with Crippen molar-refractivity contribution in [1.29, 1.82) is 0 Å². The van der Waals surface area contributed by atoms with Gasteiger partial charge in [-0.15, -0.1) is 0 Å². The molecule has 0 unspecified atom stereocenters. The summed E-state index contributed by atoms with van der Waals surface area (Å²) in [4.78, 5) is 8.72. The van der Waals surface area contributed by atoms with E-state index in [0.717, 1.165) is 43.1 Å². The summed E-state index contributed by atoms with van der Waals surface area (Å²) < 4.78 is 1.92. The summed E-state index contributed by atoms with van der Waals surface area (Å²) in [5, 5.41) is 7.89. The van der Waals surface area contributed by atoms with Crippen LogP contribution in [0.3, 0.4) is 0 Å². The van der Waals surface area contributed by atoms with Gasteiger partial charge in [0.25, 0.3) is 0 Å². The Morgan fingerprint density at radius 2 is 1.94 bits per heavy atom. The molecule has 0 saturated carbocycles. The van der Waals surface area contributed by atoms with E-state index in [4.69, 9.17) is 4.98 Å². The van der Waals surface area contributed by atoms with E-state index in [-0.39, 0.29) is 0 Å². The molecule has 1 fully saturated rings. The molecule has 1 aliphatic heterocycles. The predicted octanol–water partition coefficient (Wildman–Crippen LogP) is 1.34. The van der Waals surface area contributed by atoms with E-state index in [0.29, 0.717) is 5.92 Å². The smallest absolute Gasteiger partial charge is 0.181 e. The first-order valence-electron chi connectivity index (χ1n) is 6.36. The molecule has 0 amide bonds. The van der Waals surface area contributed by atoms with Gasteiger partial charge in [0.05, 0.1) is 0 Å². The Labute approximate surface area is 106 Å². The second-order valence-electron chi connectivity index (χ2n) is 4.68. The summed E-state index contributed by atoms with van der Waals surface area (Å²) in [5.41, 5.74) is 1.03. The van der Waals surface area contributed by atoms with Gasteiger partial charge in [0.2, 0.25) is 0 Å². The molecule has 3 rings (SSSR count). The summed E-state index contributed by atoms with van der Waals surface area (Å²) in [6, 6.07) is 3.89. The number of aromatic nitrogens is 4. The molecule has 2 aromatic rings. The minimum absolute atomic E-state index is 0.527. The van der Waals surface area contributed by atoms with Gasteiger partial charge in [0.15, 0.2) is 5.82 Å². The lowest BCUT2D eigenvalue weighted by molar-refractivity contribution is 0.432. The fraction of sp³-hybridized carbons (Fsp3) is 0.462. The molecule has 94 valence electrons. The second kappa shape index (κ2) is 4.86. The molecule has 0 bridgehead atoms. The van der Waals surface area contributed by atoms with Gasteiger partial charge in [0, 0.05) is 30.9 Å². The lowest BCUT2D eigenvalue weighted by atomic mass is 9.97. The molecular weight excluding hydrogens is 226 g/mol. The normalized spacial score (nSPS) is 16.9. The Morgan fingerprint density at radius 1 is 1.22 bits per heavy atom. The number of nitrogens with one attached hydrogen (secondary N) is 1. The second-order valence-corrected chi connectivity index (χ2v) is 4.68. The highest BCUT2D eigenvalue weighted by Gasteiger charge is 2.21. The van der Waals surface area contributed by atoms with Crippen molar-refractivity contribution in [2.45, 2.75) is 18.8 Å². The Hall–Kier alpha value is -1.75. The third kappa shape index (κ3) is 2.13. The van der Waals surface area contributed by atoms with Crippen LogP contribution in [0.25, 0.3) is 11.4 Å².